The molecule has 26 heavy (non-hydrogen) atoms. The van der Waals surface area contributed by atoms with Crippen molar-refractivity contribution in [1.29, 1.82) is 0 Å². The van der Waals surface area contributed by atoms with Crippen LogP contribution in [0.15, 0.2) is 0 Å². The molecule has 0 spiro atoms. The summed E-state index contributed by atoms with van der Waals surface area (Å²) in [6.07, 6.45) is 22.7. The van der Waals surface area contributed by atoms with Gasteiger partial charge in [0.15, 0.2) is 0 Å². The minimum Gasteiger partial charge on any atom is -0.459 e. The molecule has 0 N–H and O–H groups in total. The van der Waals surface area contributed by atoms with Gasteiger partial charge >= 0.3 is 5.97 Å². The van der Waals surface area contributed by atoms with E-state index >= 15 is 0 Å². The van der Waals surface area contributed by atoms with Crippen molar-refractivity contribution in [2.75, 3.05) is 0 Å². The molecule has 2 heteroatoms. The molecule has 2 nitrogen and oxygen atoms in total. The van der Waals surface area contributed by atoms with Crippen LogP contribution < -0.4 is 0 Å². The lowest BCUT2D eigenvalue weighted by atomic mass is 10.00. The molecule has 0 aliphatic heterocycles. The van der Waals surface area contributed by atoms with Crippen molar-refractivity contribution in [1.82, 2.24) is 0 Å². The molecule has 0 aromatic rings. The first-order valence-electron chi connectivity index (χ1n) is 11.8. The third-order valence-electron chi connectivity index (χ3n) is 5.84. The van der Waals surface area contributed by atoms with Crippen LogP contribution >= 0.6 is 0 Å². The van der Waals surface area contributed by atoms with Crippen molar-refractivity contribution in [3.63, 3.8) is 0 Å². The van der Waals surface area contributed by atoms with Crippen LogP contribution in [0, 0.1) is 0 Å². The summed E-state index contributed by atoms with van der Waals surface area (Å²) < 4.78 is 5.62. The van der Waals surface area contributed by atoms with Gasteiger partial charge in [-0.3, -0.25) is 4.79 Å². The first-order chi connectivity index (χ1) is 12.6. The Morgan fingerprint density at radius 1 is 0.615 bits per heavy atom. The number of hydrogen-bond donors (Lipinski definition) is 0. The molecule has 0 heterocycles. The maximum Gasteiger partial charge on any atom is 0.306 e. The fraction of sp³-hybridized carbons (Fsp3) is 0.958. The highest BCUT2D eigenvalue weighted by Gasteiger charge is 2.23. The number of rotatable bonds is 19. The molecular formula is C24H48O2. The highest BCUT2D eigenvalue weighted by molar-refractivity contribution is 5.69. The summed E-state index contributed by atoms with van der Waals surface area (Å²) in [7, 11) is 0. The number of carbonyl (C=O) groups excluding carboxylic acids is 1. The van der Waals surface area contributed by atoms with E-state index in [1.165, 1.54) is 89.9 Å². The number of esters is 1. The molecule has 0 fully saturated rings. The second-order valence-corrected chi connectivity index (χ2v) is 8.33. The minimum atomic E-state index is -0.257. The maximum absolute atomic E-state index is 11.9. The van der Waals surface area contributed by atoms with Gasteiger partial charge in [-0.1, -0.05) is 111 Å². The molecule has 0 aromatic heterocycles. The Labute approximate surface area is 164 Å². The molecule has 0 rings (SSSR count). The van der Waals surface area contributed by atoms with E-state index in [0.717, 1.165) is 19.3 Å². The Morgan fingerprint density at radius 2 is 0.962 bits per heavy atom. The lowest BCUT2D eigenvalue weighted by molar-refractivity contribution is -0.158. The van der Waals surface area contributed by atoms with E-state index in [1.54, 1.807) is 0 Å². The summed E-state index contributed by atoms with van der Waals surface area (Å²) in [6.45, 7) is 8.50. The summed E-state index contributed by atoms with van der Waals surface area (Å²) in [5.41, 5.74) is -0.257. The first-order valence-corrected chi connectivity index (χ1v) is 11.8. The second-order valence-electron chi connectivity index (χ2n) is 8.33. The van der Waals surface area contributed by atoms with Crippen LogP contribution in [0.1, 0.15) is 143 Å². The van der Waals surface area contributed by atoms with Crippen LogP contribution in [0.3, 0.4) is 0 Å². The molecule has 0 aliphatic carbocycles. The normalized spacial score (nSPS) is 11.7. The van der Waals surface area contributed by atoms with Gasteiger partial charge in [-0.25, -0.2) is 0 Å². The molecule has 156 valence electrons. The van der Waals surface area contributed by atoms with Gasteiger partial charge in [-0.05, 0) is 26.2 Å². The van der Waals surface area contributed by atoms with Gasteiger partial charge in [0.05, 0.1) is 0 Å². The van der Waals surface area contributed by atoms with Gasteiger partial charge in [0.2, 0.25) is 0 Å². The van der Waals surface area contributed by atoms with Crippen molar-refractivity contribution >= 4 is 5.97 Å². The SMILES string of the molecule is CCCCCCCCCCCCCCCCCC(=O)OC(C)(CC)CC. The van der Waals surface area contributed by atoms with Crippen molar-refractivity contribution in [2.24, 2.45) is 0 Å². The molecule has 0 saturated carbocycles. The third kappa shape index (κ3) is 15.7. The van der Waals surface area contributed by atoms with Gasteiger partial charge in [-0.2, -0.15) is 0 Å². The lowest BCUT2D eigenvalue weighted by Gasteiger charge is -2.26. The largest absolute Gasteiger partial charge is 0.459 e. The summed E-state index contributed by atoms with van der Waals surface area (Å²) >= 11 is 0. The Kier molecular flexibility index (Phi) is 17.5. The van der Waals surface area contributed by atoms with Crippen molar-refractivity contribution in [3.05, 3.63) is 0 Å². The van der Waals surface area contributed by atoms with E-state index in [1.807, 2.05) is 6.92 Å². The number of carbonyl (C=O) groups is 1. The highest BCUT2D eigenvalue weighted by atomic mass is 16.6. The smallest absolute Gasteiger partial charge is 0.306 e. The molecule has 0 unspecified atom stereocenters. The van der Waals surface area contributed by atoms with Crippen molar-refractivity contribution in [3.8, 4) is 0 Å². The van der Waals surface area contributed by atoms with E-state index in [4.69, 9.17) is 4.74 Å². The average molecular weight is 369 g/mol. The topological polar surface area (TPSA) is 26.3 Å². The first kappa shape index (κ1) is 25.5. The quantitative estimate of drug-likeness (QED) is 0.169. The Hall–Kier alpha value is -0.530. The highest BCUT2D eigenvalue weighted by Crippen LogP contribution is 2.21. The third-order valence-corrected chi connectivity index (χ3v) is 5.84. The zero-order chi connectivity index (χ0) is 19.5. The minimum absolute atomic E-state index is 0.00843. The van der Waals surface area contributed by atoms with E-state index in [0.29, 0.717) is 6.42 Å². The molecule has 0 amide bonds. The van der Waals surface area contributed by atoms with Crippen molar-refractivity contribution in [2.45, 2.75) is 149 Å². The van der Waals surface area contributed by atoms with Crippen molar-refractivity contribution < 1.29 is 9.53 Å². The molecule has 0 saturated heterocycles. The van der Waals surface area contributed by atoms with Gasteiger partial charge in [-0.15, -0.1) is 0 Å². The number of hydrogen-bond acceptors (Lipinski definition) is 2. The maximum atomic E-state index is 11.9. The lowest BCUT2D eigenvalue weighted by Crippen LogP contribution is -2.29. The molecular weight excluding hydrogens is 320 g/mol. The van der Waals surface area contributed by atoms with Crippen LogP contribution in [0.4, 0.5) is 0 Å². The van der Waals surface area contributed by atoms with Crippen LogP contribution in [0.2, 0.25) is 0 Å². The second kappa shape index (κ2) is 17.9. The van der Waals surface area contributed by atoms with E-state index in [9.17, 15) is 4.79 Å². The zero-order valence-electron chi connectivity index (χ0n) is 18.5. The monoisotopic (exact) mass is 368 g/mol. The molecule has 0 aliphatic rings. The molecule has 0 bridgehead atoms. The Balaban J connectivity index is 3.28. The van der Waals surface area contributed by atoms with Crippen LogP contribution in [0.5, 0.6) is 0 Å². The van der Waals surface area contributed by atoms with Gasteiger partial charge in [0, 0.05) is 6.42 Å². The fourth-order valence-corrected chi connectivity index (χ4v) is 3.36. The van der Waals surface area contributed by atoms with Gasteiger partial charge in [0.25, 0.3) is 0 Å². The number of ether oxygens (including phenoxy) is 1. The summed E-state index contributed by atoms with van der Waals surface area (Å²) in [6, 6.07) is 0. The summed E-state index contributed by atoms with van der Waals surface area (Å²) in [5.74, 6) is -0.00843. The predicted molar refractivity (Wildman–Crippen MR) is 115 cm³/mol. The van der Waals surface area contributed by atoms with Crippen LogP contribution in [-0.2, 0) is 9.53 Å². The fourth-order valence-electron chi connectivity index (χ4n) is 3.36. The zero-order valence-corrected chi connectivity index (χ0v) is 18.5. The van der Waals surface area contributed by atoms with Gasteiger partial charge in [0.1, 0.15) is 5.60 Å². The predicted octanol–water partition coefficient (Wildman–Crippen LogP) is 8.37. The summed E-state index contributed by atoms with van der Waals surface area (Å²) in [5, 5.41) is 0. The van der Waals surface area contributed by atoms with E-state index < -0.39 is 0 Å². The van der Waals surface area contributed by atoms with Crippen LogP contribution in [-0.4, -0.2) is 11.6 Å². The van der Waals surface area contributed by atoms with E-state index in [-0.39, 0.29) is 11.6 Å². The van der Waals surface area contributed by atoms with Gasteiger partial charge < -0.3 is 4.74 Å². The average Bonchev–Trinajstić information content (AvgIpc) is 2.64. The standard InChI is InChI=1S/C24H48O2/c1-5-8-9-10-11-12-13-14-15-16-17-18-19-20-21-22-23(25)26-24(4,6-2)7-3/h5-22H2,1-4H3. The summed E-state index contributed by atoms with van der Waals surface area (Å²) in [4.78, 5) is 11.9. The molecule has 0 aromatic carbocycles. The van der Waals surface area contributed by atoms with E-state index in [2.05, 4.69) is 20.8 Å². The molecule has 0 atom stereocenters. The Morgan fingerprint density at radius 3 is 1.31 bits per heavy atom. The molecule has 0 radical (unpaired) electrons. The number of unbranched alkanes of at least 4 members (excludes halogenated alkanes) is 14. The van der Waals surface area contributed by atoms with Crippen LogP contribution in [0.25, 0.3) is 0 Å². The Bertz CT molecular complexity index is 307.